The summed E-state index contributed by atoms with van der Waals surface area (Å²) in [5.74, 6) is 2.22. The fourth-order valence-electron chi connectivity index (χ4n) is 1.37. The lowest BCUT2D eigenvalue weighted by Crippen LogP contribution is -2.20. The Morgan fingerprint density at radius 2 is 2.40 bits per heavy atom. The van der Waals surface area contributed by atoms with Gasteiger partial charge in [0.15, 0.2) is 0 Å². The second-order valence-corrected chi connectivity index (χ2v) is 4.45. The van der Waals surface area contributed by atoms with Gasteiger partial charge < -0.3 is 5.11 Å². The second kappa shape index (κ2) is 4.09. The summed E-state index contributed by atoms with van der Waals surface area (Å²) in [6.07, 6.45) is 3.08. The minimum atomic E-state index is -0.583. The number of aliphatic hydroxyl groups excluding tert-OH is 1. The molecule has 2 nitrogen and oxygen atoms in total. The lowest BCUT2D eigenvalue weighted by atomic mass is 10.0. The van der Waals surface area contributed by atoms with Gasteiger partial charge in [-0.1, -0.05) is 0 Å². The Hall–Kier alpha value is 0.110. The van der Waals surface area contributed by atoms with Gasteiger partial charge in [0.25, 0.3) is 0 Å². The van der Waals surface area contributed by atoms with E-state index in [1.165, 1.54) is 0 Å². The summed E-state index contributed by atoms with van der Waals surface area (Å²) in [5, 5.41) is 8.61. The fourth-order valence-corrected chi connectivity index (χ4v) is 2.89. The quantitative estimate of drug-likeness (QED) is 0.643. The van der Waals surface area contributed by atoms with Crippen LogP contribution in [-0.4, -0.2) is 27.4 Å². The van der Waals surface area contributed by atoms with Gasteiger partial charge in [0.05, 0.1) is 0 Å². The maximum Gasteiger partial charge on any atom is 0.0433 e. The van der Waals surface area contributed by atoms with Crippen LogP contribution >= 0.6 is 0 Å². The third-order valence-electron chi connectivity index (χ3n) is 1.94. The Kier molecular flexibility index (Phi) is 3.35. The maximum atomic E-state index is 11.0. The van der Waals surface area contributed by atoms with Gasteiger partial charge in [-0.3, -0.25) is 4.21 Å². The van der Waals surface area contributed by atoms with Gasteiger partial charge in [0.1, 0.15) is 0 Å². The highest BCUT2D eigenvalue weighted by atomic mass is 32.2. The van der Waals surface area contributed by atoms with Gasteiger partial charge in [0, 0.05) is 28.9 Å². The van der Waals surface area contributed by atoms with E-state index in [1.54, 1.807) is 0 Å². The van der Waals surface area contributed by atoms with Crippen LogP contribution < -0.4 is 0 Å². The van der Waals surface area contributed by atoms with Gasteiger partial charge in [-0.05, 0) is 25.2 Å². The van der Waals surface area contributed by atoms with Crippen LogP contribution in [0, 0.1) is 5.92 Å². The number of aliphatic hydroxyl groups is 1. The highest BCUT2D eigenvalue weighted by molar-refractivity contribution is 7.85. The largest absolute Gasteiger partial charge is 0.396 e. The van der Waals surface area contributed by atoms with Crippen molar-refractivity contribution in [3.8, 4) is 0 Å². The van der Waals surface area contributed by atoms with Crippen LogP contribution in [0.1, 0.15) is 19.3 Å². The molecule has 1 aliphatic rings. The van der Waals surface area contributed by atoms with Crippen LogP contribution in [0.15, 0.2) is 0 Å². The molecule has 0 aromatic carbocycles. The first kappa shape index (κ1) is 8.21. The van der Waals surface area contributed by atoms with Gasteiger partial charge in [-0.15, -0.1) is 0 Å². The Balaban J connectivity index is 2.25. The molecule has 1 aliphatic heterocycles. The Bertz CT molecular complexity index is 123. The number of hydrogen-bond acceptors (Lipinski definition) is 2. The number of hydrogen-bond donors (Lipinski definition) is 1. The van der Waals surface area contributed by atoms with E-state index >= 15 is 0 Å². The zero-order valence-corrected chi connectivity index (χ0v) is 6.90. The molecule has 1 N–H and O–H groups in total. The van der Waals surface area contributed by atoms with Crippen molar-refractivity contribution in [2.75, 3.05) is 18.1 Å². The van der Waals surface area contributed by atoms with E-state index in [0.717, 1.165) is 30.8 Å². The molecule has 1 heterocycles. The molecule has 0 aromatic heterocycles. The molecule has 10 heavy (non-hydrogen) atoms. The molecule has 0 aliphatic carbocycles. The highest BCUT2D eigenvalue weighted by Gasteiger charge is 2.17. The second-order valence-electron chi connectivity index (χ2n) is 2.83. The molecule has 0 bridgehead atoms. The van der Waals surface area contributed by atoms with Crippen LogP contribution in [0.3, 0.4) is 0 Å². The minimum absolute atomic E-state index is 0.252. The van der Waals surface area contributed by atoms with Crippen molar-refractivity contribution in [3.63, 3.8) is 0 Å². The highest BCUT2D eigenvalue weighted by Crippen LogP contribution is 2.18. The summed E-state index contributed by atoms with van der Waals surface area (Å²) in [4.78, 5) is 0. The molecule has 1 fully saturated rings. The molecular weight excluding hydrogens is 148 g/mol. The molecule has 0 radical (unpaired) electrons. The minimum Gasteiger partial charge on any atom is -0.396 e. The van der Waals surface area contributed by atoms with E-state index < -0.39 is 10.8 Å². The van der Waals surface area contributed by atoms with E-state index in [1.807, 2.05) is 0 Å². The van der Waals surface area contributed by atoms with E-state index in [-0.39, 0.29) is 6.61 Å². The molecule has 0 amide bonds. The zero-order chi connectivity index (χ0) is 7.40. The Labute approximate surface area is 64.1 Å². The molecule has 2 unspecified atom stereocenters. The van der Waals surface area contributed by atoms with Crippen molar-refractivity contribution in [1.29, 1.82) is 0 Å². The van der Waals surface area contributed by atoms with Gasteiger partial charge in [-0.25, -0.2) is 0 Å². The van der Waals surface area contributed by atoms with Crippen LogP contribution in [0.4, 0.5) is 0 Å². The molecule has 0 saturated carbocycles. The molecular formula is C7H14O2S. The average molecular weight is 162 g/mol. The summed E-state index contributed by atoms with van der Waals surface area (Å²) in [6.45, 7) is 0.252. The lowest BCUT2D eigenvalue weighted by molar-refractivity contribution is 0.258. The predicted molar refractivity (Wildman–Crippen MR) is 42.3 cm³/mol. The van der Waals surface area contributed by atoms with Crippen molar-refractivity contribution in [2.45, 2.75) is 19.3 Å². The Morgan fingerprint density at radius 3 is 3.00 bits per heavy atom. The van der Waals surface area contributed by atoms with Crippen LogP contribution in [0.5, 0.6) is 0 Å². The van der Waals surface area contributed by atoms with Crippen LogP contribution in [0.2, 0.25) is 0 Å². The molecule has 60 valence electrons. The summed E-state index contributed by atoms with van der Waals surface area (Å²) < 4.78 is 11.0. The van der Waals surface area contributed by atoms with Gasteiger partial charge >= 0.3 is 0 Å². The first-order valence-electron chi connectivity index (χ1n) is 3.78. The van der Waals surface area contributed by atoms with Crippen molar-refractivity contribution in [2.24, 2.45) is 5.92 Å². The SMILES string of the molecule is O=S1CCCC(CCO)C1. The molecule has 0 spiro atoms. The lowest BCUT2D eigenvalue weighted by Gasteiger charge is -2.19. The van der Waals surface area contributed by atoms with Crippen molar-refractivity contribution in [3.05, 3.63) is 0 Å². The molecule has 0 aromatic rings. The van der Waals surface area contributed by atoms with Crippen molar-refractivity contribution >= 4 is 10.8 Å². The predicted octanol–water partition coefficient (Wildman–Crippen LogP) is 0.528. The summed E-state index contributed by atoms with van der Waals surface area (Å²) in [6, 6.07) is 0. The van der Waals surface area contributed by atoms with Crippen molar-refractivity contribution in [1.82, 2.24) is 0 Å². The summed E-state index contributed by atoms with van der Waals surface area (Å²) >= 11 is 0. The molecule has 3 heteroatoms. The van der Waals surface area contributed by atoms with E-state index in [4.69, 9.17) is 5.11 Å². The van der Waals surface area contributed by atoms with Crippen molar-refractivity contribution < 1.29 is 9.32 Å². The fraction of sp³-hybridized carbons (Fsp3) is 1.00. The van der Waals surface area contributed by atoms with E-state index in [0.29, 0.717) is 5.92 Å². The van der Waals surface area contributed by atoms with Gasteiger partial charge in [-0.2, -0.15) is 0 Å². The van der Waals surface area contributed by atoms with Crippen LogP contribution in [0.25, 0.3) is 0 Å². The monoisotopic (exact) mass is 162 g/mol. The zero-order valence-electron chi connectivity index (χ0n) is 6.08. The van der Waals surface area contributed by atoms with E-state index in [9.17, 15) is 4.21 Å². The first-order valence-corrected chi connectivity index (χ1v) is 5.27. The third kappa shape index (κ3) is 2.39. The summed E-state index contributed by atoms with van der Waals surface area (Å²) in [7, 11) is -0.583. The van der Waals surface area contributed by atoms with Crippen LogP contribution in [-0.2, 0) is 10.8 Å². The third-order valence-corrected chi connectivity index (χ3v) is 3.53. The molecule has 1 saturated heterocycles. The topological polar surface area (TPSA) is 37.3 Å². The first-order chi connectivity index (χ1) is 4.83. The standard InChI is InChI=1S/C7H14O2S/c8-4-3-7-2-1-5-10(9)6-7/h7-8H,1-6H2. The molecule has 1 rings (SSSR count). The summed E-state index contributed by atoms with van der Waals surface area (Å²) in [5.41, 5.74) is 0. The van der Waals surface area contributed by atoms with E-state index in [2.05, 4.69) is 0 Å². The maximum absolute atomic E-state index is 11.0. The van der Waals surface area contributed by atoms with Gasteiger partial charge in [0.2, 0.25) is 0 Å². The Morgan fingerprint density at radius 1 is 1.60 bits per heavy atom. The smallest absolute Gasteiger partial charge is 0.0433 e. The number of rotatable bonds is 2. The molecule has 2 atom stereocenters. The normalized spacial score (nSPS) is 34.1. The average Bonchev–Trinajstić information content (AvgIpc) is 1.88.